The van der Waals surface area contributed by atoms with Crippen LogP contribution in [0.2, 0.25) is 0 Å². The van der Waals surface area contributed by atoms with E-state index in [-0.39, 0.29) is 43.6 Å². The van der Waals surface area contributed by atoms with Crippen molar-refractivity contribution in [3.8, 4) is 0 Å². The summed E-state index contributed by atoms with van der Waals surface area (Å²) in [7, 11) is -3.82. The number of halogens is 3. The molecule has 1 aromatic carbocycles. The molecule has 0 aliphatic carbocycles. The largest absolute Gasteiger partial charge is 0.332 e. The Bertz CT molecular complexity index is 1210. The standard InChI is InChI=1S/C20H22F3N5O4S/c1-12-9-27-18(10-26(12)19(30)7-14-5-15(21)20(23)16(22)6-14)17(8-24-27)28-4-3-25(13(2)29)11-33(28,31)32/h5-6,8,12H,3-4,7,9-11H2,1-2H3/t12-/m0/s1. The van der Waals surface area contributed by atoms with Gasteiger partial charge in [-0.15, -0.1) is 0 Å². The molecular formula is C20H22F3N5O4S. The van der Waals surface area contributed by atoms with Crippen molar-refractivity contribution in [1.82, 2.24) is 19.6 Å². The van der Waals surface area contributed by atoms with Gasteiger partial charge in [0.1, 0.15) is 5.88 Å². The van der Waals surface area contributed by atoms with Gasteiger partial charge in [0.25, 0.3) is 10.0 Å². The van der Waals surface area contributed by atoms with Gasteiger partial charge in [-0.1, -0.05) is 0 Å². The summed E-state index contributed by atoms with van der Waals surface area (Å²) >= 11 is 0. The molecule has 1 atom stereocenters. The van der Waals surface area contributed by atoms with E-state index in [0.29, 0.717) is 17.9 Å². The van der Waals surface area contributed by atoms with Crippen molar-refractivity contribution >= 4 is 27.5 Å². The lowest BCUT2D eigenvalue weighted by Gasteiger charge is -2.37. The number of sulfonamides is 1. The van der Waals surface area contributed by atoms with Crippen molar-refractivity contribution in [2.45, 2.75) is 39.4 Å². The number of anilines is 1. The summed E-state index contributed by atoms with van der Waals surface area (Å²) in [4.78, 5) is 27.2. The summed E-state index contributed by atoms with van der Waals surface area (Å²) in [6.45, 7) is 3.68. The number of hydrogen-bond acceptors (Lipinski definition) is 5. The normalized spacial score (nSPS) is 20.0. The molecule has 0 N–H and O–H groups in total. The van der Waals surface area contributed by atoms with Crippen molar-refractivity contribution in [1.29, 1.82) is 0 Å². The van der Waals surface area contributed by atoms with Gasteiger partial charge in [0.2, 0.25) is 11.8 Å². The predicted octanol–water partition coefficient (Wildman–Crippen LogP) is 1.23. The van der Waals surface area contributed by atoms with Crippen LogP contribution < -0.4 is 4.31 Å². The van der Waals surface area contributed by atoms with Gasteiger partial charge in [0.15, 0.2) is 17.5 Å². The number of benzene rings is 1. The molecule has 1 fully saturated rings. The molecule has 2 amide bonds. The molecule has 33 heavy (non-hydrogen) atoms. The molecule has 0 spiro atoms. The van der Waals surface area contributed by atoms with Crippen LogP contribution in [0.4, 0.5) is 18.9 Å². The predicted molar refractivity (Wildman–Crippen MR) is 111 cm³/mol. The van der Waals surface area contributed by atoms with Crippen LogP contribution in [-0.2, 0) is 39.1 Å². The minimum atomic E-state index is -3.82. The molecule has 0 radical (unpaired) electrons. The maximum absolute atomic E-state index is 13.5. The van der Waals surface area contributed by atoms with E-state index in [4.69, 9.17) is 0 Å². The molecule has 1 aromatic heterocycles. The first-order valence-corrected chi connectivity index (χ1v) is 11.8. The molecule has 0 bridgehead atoms. The molecule has 3 heterocycles. The van der Waals surface area contributed by atoms with E-state index < -0.39 is 39.3 Å². The zero-order valence-electron chi connectivity index (χ0n) is 18.0. The second-order valence-electron chi connectivity index (χ2n) is 8.18. The van der Waals surface area contributed by atoms with Crippen LogP contribution in [0, 0.1) is 17.5 Å². The maximum atomic E-state index is 13.5. The minimum absolute atomic E-state index is 0.00848. The summed E-state index contributed by atoms with van der Waals surface area (Å²) in [5, 5.41) is 4.26. The first-order valence-electron chi connectivity index (χ1n) is 10.2. The average Bonchev–Trinajstić information content (AvgIpc) is 3.12. The number of hydrogen-bond donors (Lipinski definition) is 0. The minimum Gasteiger partial charge on any atom is -0.332 e. The van der Waals surface area contributed by atoms with Gasteiger partial charge in [0, 0.05) is 19.5 Å². The number of carbonyl (C=O) groups is 2. The lowest BCUT2D eigenvalue weighted by atomic mass is 10.1. The Labute approximate surface area is 188 Å². The fourth-order valence-electron chi connectivity index (χ4n) is 4.12. The highest BCUT2D eigenvalue weighted by Crippen LogP contribution is 2.31. The third-order valence-electron chi connectivity index (χ3n) is 5.88. The Kier molecular flexibility index (Phi) is 5.85. The van der Waals surface area contributed by atoms with Crippen LogP contribution in [0.1, 0.15) is 25.1 Å². The molecule has 9 nitrogen and oxygen atoms in total. The zero-order chi connectivity index (χ0) is 24.1. The van der Waals surface area contributed by atoms with Gasteiger partial charge < -0.3 is 9.80 Å². The zero-order valence-corrected chi connectivity index (χ0v) is 18.8. The third kappa shape index (κ3) is 4.28. The maximum Gasteiger partial charge on any atom is 0.253 e. The average molecular weight is 485 g/mol. The number of aromatic nitrogens is 2. The number of carbonyl (C=O) groups excluding carboxylic acids is 2. The highest BCUT2D eigenvalue weighted by molar-refractivity contribution is 7.92. The molecule has 0 saturated carbocycles. The molecule has 178 valence electrons. The van der Waals surface area contributed by atoms with Gasteiger partial charge in [-0.2, -0.15) is 5.10 Å². The van der Waals surface area contributed by atoms with Crippen molar-refractivity contribution in [3.63, 3.8) is 0 Å². The van der Waals surface area contributed by atoms with Crippen LogP contribution >= 0.6 is 0 Å². The molecule has 1 saturated heterocycles. The SMILES string of the molecule is CC(=O)N1CCN(c2cnn3c2CN(C(=O)Cc2cc(F)c(F)c(F)c2)[C@@H](C)C3)S(=O)(=O)C1. The van der Waals surface area contributed by atoms with Crippen molar-refractivity contribution < 1.29 is 31.2 Å². The first-order chi connectivity index (χ1) is 15.5. The molecule has 4 rings (SSSR count). The Morgan fingerprint density at radius 3 is 2.42 bits per heavy atom. The third-order valence-corrected chi connectivity index (χ3v) is 7.57. The highest BCUT2D eigenvalue weighted by Gasteiger charge is 2.37. The Hall–Kier alpha value is -3.09. The van der Waals surface area contributed by atoms with Crippen LogP contribution in [0.3, 0.4) is 0 Å². The van der Waals surface area contributed by atoms with Crippen LogP contribution in [0.25, 0.3) is 0 Å². The van der Waals surface area contributed by atoms with Gasteiger partial charge in [-0.3, -0.25) is 18.6 Å². The summed E-state index contributed by atoms with van der Waals surface area (Å²) in [6.07, 6.45) is 1.07. The summed E-state index contributed by atoms with van der Waals surface area (Å²) in [5.74, 6) is -5.59. The quantitative estimate of drug-likeness (QED) is 0.610. The smallest absolute Gasteiger partial charge is 0.253 e. The van der Waals surface area contributed by atoms with Crippen molar-refractivity contribution in [2.75, 3.05) is 23.3 Å². The van der Waals surface area contributed by atoms with E-state index >= 15 is 0 Å². The van der Waals surface area contributed by atoms with Crippen LogP contribution in [0.5, 0.6) is 0 Å². The van der Waals surface area contributed by atoms with Crippen LogP contribution in [0.15, 0.2) is 18.3 Å². The molecule has 2 aromatic rings. The second kappa shape index (κ2) is 8.36. The van der Waals surface area contributed by atoms with E-state index in [1.807, 2.05) is 0 Å². The molecule has 2 aliphatic rings. The lowest BCUT2D eigenvalue weighted by Crippen LogP contribution is -2.52. The highest BCUT2D eigenvalue weighted by atomic mass is 32.2. The van der Waals surface area contributed by atoms with E-state index in [1.165, 1.54) is 27.2 Å². The summed E-state index contributed by atoms with van der Waals surface area (Å²) in [5.41, 5.74) is 0.811. The molecule has 0 unspecified atom stereocenters. The van der Waals surface area contributed by atoms with Crippen LogP contribution in [-0.4, -0.2) is 64.8 Å². The van der Waals surface area contributed by atoms with E-state index in [1.54, 1.807) is 11.6 Å². The van der Waals surface area contributed by atoms with E-state index in [0.717, 1.165) is 12.1 Å². The molecular weight excluding hydrogens is 463 g/mol. The number of amides is 2. The first kappa shape index (κ1) is 23.1. The second-order valence-corrected chi connectivity index (χ2v) is 10.0. The number of rotatable bonds is 3. The van der Waals surface area contributed by atoms with Crippen molar-refractivity contribution in [2.24, 2.45) is 0 Å². The fourth-order valence-corrected chi connectivity index (χ4v) is 5.77. The topological polar surface area (TPSA) is 95.8 Å². The Balaban J connectivity index is 1.57. The Morgan fingerprint density at radius 2 is 1.82 bits per heavy atom. The fraction of sp³-hybridized carbons (Fsp3) is 0.450. The summed E-state index contributed by atoms with van der Waals surface area (Å²) < 4.78 is 68.7. The van der Waals surface area contributed by atoms with Gasteiger partial charge >= 0.3 is 0 Å². The summed E-state index contributed by atoms with van der Waals surface area (Å²) in [6, 6.07) is 1.24. The molecule has 13 heteroatoms. The monoisotopic (exact) mass is 485 g/mol. The number of nitrogens with zero attached hydrogens (tertiary/aromatic N) is 5. The van der Waals surface area contributed by atoms with Gasteiger partial charge in [0.05, 0.1) is 43.6 Å². The number of fused-ring (bicyclic) bond motifs is 1. The van der Waals surface area contributed by atoms with Gasteiger partial charge in [-0.05, 0) is 24.6 Å². The van der Waals surface area contributed by atoms with Crippen molar-refractivity contribution in [3.05, 3.63) is 47.0 Å². The van der Waals surface area contributed by atoms with E-state index in [2.05, 4.69) is 5.10 Å². The molecule has 2 aliphatic heterocycles. The van der Waals surface area contributed by atoms with Gasteiger partial charge in [-0.25, -0.2) is 21.6 Å². The Morgan fingerprint density at radius 1 is 1.15 bits per heavy atom. The lowest BCUT2D eigenvalue weighted by molar-refractivity contribution is -0.134. The van der Waals surface area contributed by atoms with E-state index in [9.17, 15) is 31.2 Å².